The van der Waals surface area contributed by atoms with E-state index < -0.39 is 0 Å². The van der Waals surface area contributed by atoms with Gasteiger partial charge in [0.2, 0.25) is 11.1 Å². The van der Waals surface area contributed by atoms with Crippen LogP contribution < -0.4 is 10.1 Å². The molecular weight excluding hydrogens is 450 g/mol. The molecule has 0 radical (unpaired) electrons. The number of nitrogens with one attached hydrogen (secondary N) is 1. The zero-order valence-corrected chi connectivity index (χ0v) is 19.4. The summed E-state index contributed by atoms with van der Waals surface area (Å²) in [7, 11) is 1.60. The lowest BCUT2D eigenvalue weighted by Crippen LogP contribution is -2.17. The van der Waals surface area contributed by atoms with Gasteiger partial charge < -0.3 is 14.8 Å². The highest BCUT2D eigenvalue weighted by Crippen LogP contribution is 2.38. The molecule has 3 aromatic rings. The van der Waals surface area contributed by atoms with Gasteiger partial charge in [-0.25, -0.2) is 4.79 Å². The lowest BCUT2D eigenvalue weighted by Gasteiger charge is -2.12. The first-order chi connectivity index (χ1) is 15.6. The first-order valence-electron chi connectivity index (χ1n) is 10.3. The summed E-state index contributed by atoms with van der Waals surface area (Å²) in [5.41, 5.74) is 2.29. The molecule has 9 nitrogen and oxygen atoms in total. The van der Waals surface area contributed by atoms with Crippen molar-refractivity contribution < 1.29 is 19.1 Å². The summed E-state index contributed by atoms with van der Waals surface area (Å²) >= 11 is 2.69. The highest BCUT2D eigenvalue weighted by atomic mass is 32.2. The average Bonchev–Trinajstić information content (AvgIpc) is 3.42. The van der Waals surface area contributed by atoms with Crippen molar-refractivity contribution in [2.75, 3.05) is 24.8 Å². The molecule has 1 amide bonds. The van der Waals surface area contributed by atoms with Gasteiger partial charge in [-0.1, -0.05) is 11.8 Å². The number of thiophene rings is 1. The number of benzene rings is 1. The Labute approximate surface area is 193 Å². The maximum absolute atomic E-state index is 12.7. The summed E-state index contributed by atoms with van der Waals surface area (Å²) in [5, 5.41) is 15.7. The number of nitrogens with zero attached hydrogens (tertiary/aromatic N) is 4. The number of methoxy groups -OCH3 is 1. The molecule has 11 heteroatoms. The number of hydrogen-bond donors (Lipinski definition) is 1. The Morgan fingerprint density at radius 2 is 2.00 bits per heavy atom. The molecule has 0 bridgehead atoms. The molecule has 1 aromatic carbocycles. The van der Waals surface area contributed by atoms with Crippen LogP contribution in [0.15, 0.2) is 29.4 Å². The van der Waals surface area contributed by atoms with E-state index in [0.717, 1.165) is 47.6 Å². The number of esters is 1. The number of aromatic nitrogens is 4. The zero-order chi connectivity index (χ0) is 22.5. The molecule has 0 unspecified atom stereocenters. The highest BCUT2D eigenvalue weighted by Gasteiger charge is 2.27. The van der Waals surface area contributed by atoms with E-state index in [4.69, 9.17) is 9.47 Å². The molecule has 168 valence electrons. The molecule has 0 spiro atoms. The molecule has 1 aliphatic rings. The number of thioether (sulfide) groups is 1. The van der Waals surface area contributed by atoms with Gasteiger partial charge in [-0.15, -0.1) is 16.4 Å². The second kappa shape index (κ2) is 10.1. The van der Waals surface area contributed by atoms with Gasteiger partial charge in [0.05, 0.1) is 30.7 Å². The molecule has 1 aliphatic carbocycles. The quantitative estimate of drug-likeness (QED) is 0.391. The Morgan fingerprint density at radius 1 is 1.22 bits per heavy atom. The van der Waals surface area contributed by atoms with Crippen LogP contribution in [0, 0.1) is 0 Å². The number of ether oxygens (including phenoxy) is 2. The van der Waals surface area contributed by atoms with E-state index in [1.54, 1.807) is 18.7 Å². The maximum atomic E-state index is 12.7. The third kappa shape index (κ3) is 4.78. The van der Waals surface area contributed by atoms with Gasteiger partial charge in [0.15, 0.2) is 0 Å². The Bertz CT molecular complexity index is 1110. The molecule has 0 fully saturated rings. The van der Waals surface area contributed by atoms with Gasteiger partial charge in [-0.05, 0) is 72.9 Å². The molecular formula is C21H23N5O4S2. The largest absolute Gasteiger partial charge is 0.497 e. The minimum absolute atomic E-state index is 0.0986. The fraction of sp³-hybridized carbons (Fsp3) is 0.381. The number of fused-ring (bicyclic) bond motifs is 1. The van der Waals surface area contributed by atoms with Crippen LogP contribution in [0.25, 0.3) is 5.69 Å². The first kappa shape index (κ1) is 22.3. The third-order valence-electron chi connectivity index (χ3n) is 4.99. The van der Waals surface area contributed by atoms with Crippen molar-refractivity contribution in [3.63, 3.8) is 0 Å². The van der Waals surface area contributed by atoms with Gasteiger partial charge in [-0.2, -0.15) is 4.68 Å². The summed E-state index contributed by atoms with van der Waals surface area (Å²) in [6.07, 6.45) is 3.88. The van der Waals surface area contributed by atoms with Crippen LogP contribution in [0.4, 0.5) is 5.00 Å². The molecule has 0 saturated carbocycles. The molecule has 0 saturated heterocycles. The van der Waals surface area contributed by atoms with Crippen LogP contribution in [0.3, 0.4) is 0 Å². The highest BCUT2D eigenvalue weighted by molar-refractivity contribution is 7.99. The minimum atomic E-state index is -0.377. The van der Waals surface area contributed by atoms with Crippen molar-refractivity contribution in [2.24, 2.45) is 0 Å². The van der Waals surface area contributed by atoms with E-state index in [0.29, 0.717) is 22.3 Å². The van der Waals surface area contributed by atoms with E-state index >= 15 is 0 Å². The molecule has 32 heavy (non-hydrogen) atoms. The normalized spacial score (nSPS) is 12.8. The van der Waals surface area contributed by atoms with Crippen molar-refractivity contribution in [3.8, 4) is 11.4 Å². The van der Waals surface area contributed by atoms with Crippen molar-refractivity contribution in [3.05, 3.63) is 40.3 Å². The number of tetrazole rings is 1. The second-order valence-electron chi connectivity index (χ2n) is 7.04. The first-order valence-corrected chi connectivity index (χ1v) is 12.1. The SMILES string of the molecule is CCOC(=O)c1c(NC(=O)CSc2nnnn2-c2ccc(OC)cc2)sc2c1CCCC2. The third-order valence-corrected chi connectivity index (χ3v) is 7.12. The monoisotopic (exact) mass is 473 g/mol. The molecule has 1 N–H and O–H groups in total. The zero-order valence-electron chi connectivity index (χ0n) is 17.8. The van der Waals surface area contributed by atoms with Crippen LogP contribution in [-0.4, -0.2) is 51.6 Å². The maximum Gasteiger partial charge on any atom is 0.341 e. The van der Waals surface area contributed by atoms with Gasteiger partial charge in [0, 0.05) is 4.88 Å². The van der Waals surface area contributed by atoms with Gasteiger partial charge in [0.1, 0.15) is 10.8 Å². The Kier molecular flexibility index (Phi) is 7.05. The van der Waals surface area contributed by atoms with Gasteiger partial charge >= 0.3 is 5.97 Å². The number of carbonyl (C=O) groups excluding carboxylic acids is 2. The molecule has 2 aromatic heterocycles. The number of amides is 1. The van der Waals surface area contributed by atoms with Crippen molar-refractivity contribution in [2.45, 2.75) is 37.8 Å². The number of hydrogen-bond acceptors (Lipinski definition) is 9. The predicted octanol–water partition coefficient (Wildman–Crippen LogP) is 3.52. The summed E-state index contributed by atoms with van der Waals surface area (Å²) in [6.45, 7) is 2.07. The van der Waals surface area contributed by atoms with Crippen molar-refractivity contribution in [1.29, 1.82) is 0 Å². The number of carbonyl (C=O) groups is 2. The topological polar surface area (TPSA) is 108 Å². The standard InChI is InChI=1S/C21H23N5O4S2/c1-3-30-20(28)18-15-6-4-5-7-16(15)32-19(18)22-17(27)12-31-21-23-24-25-26(21)13-8-10-14(29-2)11-9-13/h8-11H,3-7,12H2,1-2H3,(H,22,27). The predicted molar refractivity (Wildman–Crippen MR) is 122 cm³/mol. The second-order valence-corrected chi connectivity index (χ2v) is 9.09. The Morgan fingerprint density at radius 3 is 2.75 bits per heavy atom. The van der Waals surface area contributed by atoms with Crippen LogP contribution in [0.1, 0.15) is 40.6 Å². The van der Waals surface area contributed by atoms with E-state index in [1.807, 2.05) is 24.3 Å². The molecule has 2 heterocycles. The summed E-state index contributed by atoms with van der Waals surface area (Å²) in [5.74, 6) is 0.217. The smallest absolute Gasteiger partial charge is 0.341 e. The van der Waals surface area contributed by atoms with E-state index in [2.05, 4.69) is 20.8 Å². The molecule has 0 atom stereocenters. The number of anilines is 1. The summed E-state index contributed by atoms with van der Waals surface area (Å²) in [4.78, 5) is 26.4. The Balaban J connectivity index is 1.46. The summed E-state index contributed by atoms with van der Waals surface area (Å²) < 4.78 is 12.0. The van der Waals surface area contributed by atoms with E-state index in [9.17, 15) is 9.59 Å². The fourth-order valence-electron chi connectivity index (χ4n) is 3.52. The molecule has 4 rings (SSSR count). The lowest BCUT2D eigenvalue weighted by molar-refractivity contribution is -0.113. The van der Waals surface area contributed by atoms with Gasteiger partial charge in [-0.3, -0.25) is 4.79 Å². The Hall–Kier alpha value is -2.92. The van der Waals surface area contributed by atoms with E-state index in [-0.39, 0.29) is 17.6 Å². The van der Waals surface area contributed by atoms with Crippen LogP contribution in [-0.2, 0) is 22.4 Å². The van der Waals surface area contributed by atoms with Crippen LogP contribution >= 0.6 is 23.1 Å². The number of aryl methyl sites for hydroxylation is 1. The fourth-order valence-corrected chi connectivity index (χ4v) is 5.50. The van der Waals surface area contributed by atoms with Crippen LogP contribution in [0.5, 0.6) is 5.75 Å². The van der Waals surface area contributed by atoms with Crippen molar-refractivity contribution >= 4 is 40.0 Å². The number of rotatable bonds is 8. The van der Waals surface area contributed by atoms with Gasteiger partial charge in [0.25, 0.3) is 0 Å². The van der Waals surface area contributed by atoms with E-state index in [1.165, 1.54) is 23.1 Å². The summed E-state index contributed by atoms with van der Waals surface area (Å²) in [6, 6.07) is 7.30. The van der Waals surface area contributed by atoms with Crippen LogP contribution in [0.2, 0.25) is 0 Å². The minimum Gasteiger partial charge on any atom is -0.497 e. The lowest BCUT2D eigenvalue weighted by atomic mass is 9.95. The van der Waals surface area contributed by atoms with Crippen molar-refractivity contribution in [1.82, 2.24) is 20.2 Å². The average molecular weight is 474 g/mol. The molecule has 0 aliphatic heterocycles.